The van der Waals surface area contributed by atoms with E-state index in [1.54, 1.807) is 18.3 Å². The summed E-state index contributed by atoms with van der Waals surface area (Å²) in [5.74, 6) is 6.15. The number of aryl methyl sites for hydroxylation is 1. The van der Waals surface area contributed by atoms with Gasteiger partial charge in [-0.3, -0.25) is 0 Å². The molecule has 49 heavy (non-hydrogen) atoms. The molecule has 0 aliphatic rings. The van der Waals surface area contributed by atoms with Gasteiger partial charge in [-0.1, -0.05) is 48.2 Å². The molecule has 0 aliphatic heterocycles. The van der Waals surface area contributed by atoms with E-state index in [9.17, 15) is 13.2 Å². The maximum atomic E-state index is 13.3. The summed E-state index contributed by atoms with van der Waals surface area (Å²) >= 11 is -0.287. The summed E-state index contributed by atoms with van der Waals surface area (Å²) in [5.41, 5.74) is 5.53. The smallest absolute Gasteiger partial charge is 0 e. The molecular weight excluding hydrogens is 874 g/mol. The van der Waals surface area contributed by atoms with Gasteiger partial charge < -0.3 is 4.98 Å². The van der Waals surface area contributed by atoms with Gasteiger partial charge in [0.2, 0.25) is 0 Å². The predicted molar refractivity (Wildman–Crippen MR) is 197 cm³/mol. The summed E-state index contributed by atoms with van der Waals surface area (Å²) in [6, 6.07) is 37.7. The number of rotatable bonds is 5. The molecule has 251 valence electrons. The first-order valence-electron chi connectivity index (χ1n) is 16.1. The Kier molecular flexibility index (Phi) is 10.9. The van der Waals surface area contributed by atoms with E-state index in [0.29, 0.717) is 11.1 Å². The minimum Gasteiger partial charge on any atom is 0 e. The van der Waals surface area contributed by atoms with E-state index in [0.717, 1.165) is 54.4 Å². The SMILES string of the molecule is [2H]C(C)(c1cccc(C)c1)c1ccnc(-c2[c-]ccc3c2sc2ccc(C(F)(F)F)cc23)c1.[CH3][Ge]([CH3])([CH3])[c]1ccc(-c2[c-]cccc2)nc1.[Ir]. The Balaban J connectivity index is 0.000000241. The number of thiophene rings is 1. The van der Waals surface area contributed by atoms with Crippen LogP contribution in [0.15, 0.2) is 116 Å². The molecule has 8 heteroatoms. The molecule has 3 aromatic heterocycles. The number of alkyl halides is 3. The molecule has 0 saturated heterocycles. The topological polar surface area (TPSA) is 25.8 Å². The van der Waals surface area contributed by atoms with Crippen molar-refractivity contribution >= 4 is 49.2 Å². The number of halogens is 3. The largest absolute Gasteiger partial charge is 0 e. The molecule has 1 radical (unpaired) electrons. The van der Waals surface area contributed by atoms with Crippen molar-refractivity contribution in [1.82, 2.24) is 9.97 Å². The van der Waals surface area contributed by atoms with Crippen LogP contribution in [0.25, 0.3) is 42.7 Å². The Morgan fingerprint density at radius 1 is 0.796 bits per heavy atom. The van der Waals surface area contributed by atoms with Gasteiger partial charge in [-0.15, -0.1) is 23.8 Å². The fraction of sp³-hybridized carbons (Fsp3) is 0.171. The van der Waals surface area contributed by atoms with Crippen molar-refractivity contribution in [2.24, 2.45) is 0 Å². The number of nitrogens with zero attached hydrogens (tertiary/aromatic N) is 2. The van der Waals surface area contributed by atoms with Crippen molar-refractivity contribution in [1.29, 1.82) is 0 Å². The molecule has 0 amide bonds. The van der Waals surface area contributed by atoms with E-state index < -0.39 is 30.9 Å². The minimum absolute atomic E-state index is 0. The fourth-order valence-electron chi connectivity index (χ4n) is 5.50. The zero-order valence-electron chi connectivity index (χ0n) is 28.7. The molecule has 0 bridgehead atoms. The Morgan fingerprint density at radius 2 is 1.59 bits per heavy atom. The standard InChI is InChI=1S/C27H19F3NS.C14H16GeN.Ir/c1-16-5-3-6-18(13-16)17(2)19-11-12-31-24(14-19)22-8-4-7-21-23-15-20(27(28,29)30)9-10-25(23)32-26(21)22;1-15(2,3)13-9-10-14(16-11-13)12-7-5-4-6-8-12;/h3-7,9-15,17H,1-2H3;4-7,9-11H,1-3H3;/q2*-1;/i17D;;. The van der Waals surface area contributed by atoms with Crippen LogP contribution in [0.3, 0.4) is 0 Å². The summed E-state index contributed by atoms with van der Waals surface area (Å²) < 4.78 is 51.9. The van der Waals surface area contributed by atoms with Gasteiger partial charge in [0.1, 0.15) is 0 Å². The monoisotopic (exact) mass is 912 g/mol. The van der Waals surface area contributed by atoms with Crippen LogP contribution in [-0.2, 0) is 26.3 Å². The number of hydrogen-bond acceptors (Lipinski definition) is 3. The molecule has 4 aromatic carbocycles. The van der Waals surface area contributed by atoms with Crippen molar-refractivity contribution < 1.29 is 34.6 Å². The summed E-state index contributed by atoms with van der Waals surface area (Å²) in [5, 5.41) is 1.32. The predicted octanol–water partition coefficient (Wildman–Crippen LogP) is 11.5. The van der Waals surface area contributed by atoms with E-state index in [2.05, 4.69) is 51.5 Å². The molecule has 7 aromatic rings. The van der Waals surface area contributed by atoms with Gasteiger partial charge in [0.25, 0.3) is 0 Å². The van der Waals surface area contributed by atoms with Crippen LogP contribution in [0.4, 0.5) is 13.2 Å². The quantitative estimate of drug-likeness (QED) is 0.127. The van der Waals surface area contributed by atoms with E-state index in [1.807, 2.05) is 80.7 Å². The van der Waals surface area contributed by atoms with Crippen LogP contribution < -0.4 is 4.40 Å². The Hall–Kier alpha value is -3.62. The molecule has 0 N–H and O–H groups in total. The fourth-order valence-corrected chi connectivity index (χ4v) is 8.86. The molecule has 7 rings (SSSR count). The Labute approximate surface area is 307 Å². The molecule has 0 saturated carbocycles. The molecule has 1 atom stereocenters. The van der Waals surface area contributed by atoms with E-state index in [4.69, 9.17) is 1.37 Å². The third-order valence-corrected chi connectivity index (χ3v) is 13.7. The first-order valence-corrected chi connectivity index (χ1v) is 23.8. The first kappa shape index (κ1) is 35.2. The van der Waals surface area contributed by atoms with E-state index in [-0.39, 0.29) is 20.1 Å². The second-order valence-corrected chi connectivity index (χ2v) is 24.5. The van der Waals surface area contributed by atoms with Gasteiger partial charge in [-0.05, 0) is 58.1 Å². The van der Waals surface area contributed by atoms with Crippen LogP contribution in [0.2, 0.25) is 17.3 Å². The van der Waals surface area contributed by atoms with Gasteiger partial charge in [-0.25, -0.2) is 0 Å². The molecule has 2 nitrogen and oxygen atoms in total. The number of aromatic nitrogens is 2. The molecule has 0 spiro atoms. The van der Waals surface area contributed by atoms with Crippen molar-refractivity contribution in [3.63, 3.8) is 0 Å². The summed E-state index contributed by atoms with van der Waals surface area (Å²) in [6.07, 6.45) is -0.679. The maximum absolute atomic E-state index is 13.3. The Morgan fingerprint density at radius 3 is 2.27 bits per heavy atom. The molecule has 1 unspecified atom stereocenters. The summed E-state index contributed by atoms with van der Waals surface area (Å²) in [6.45, 7) is 3.85. The number of pyridine rings is 2. The van der Waals surface area contributed by atoms with Gasteiger partial charge in [-0.2, -0.15) is 24.5 Å². The van der Waals surface area contributed by atoms with Crippen LogP contribution in [0.5, 0.6) is 0 Å². The van der Waals surface area contributed by atoms with Crippen LogP contribution in [0, 0.1) is 19.1 Å². The van der Waals surface area contributed by atoms with Gasteiger partial charge in [0, 0.05) is 38.3 Å². The summed E-state index contributed by atoms with van der Waals surface area (Å²) in [7, 11) is 0. The van der Waals surface area contributed by atoms with E-state index >= 15 is 0 Å². The first-order chi connectivity index (χ1) is 23.2. The van der Waals surface area contributed by atoms with Crippen molar-refractivity contribution in [2.75, 3.05) is 0 Å². The van der Waals surface area contributed by atoms with Crippen LogP contribution >= 0.6 is 11.3 Å². The van der Waals surface area contributed by atoms with Crippen molar-refractivity contribution in [3.05, 3.63) is 150 Å². The average Bonchev–Trinajstić information content (AvgIpc) is 3.47. The normalized spacial score (nSPS) is 13.2. The molecule has 3 heterocycles. The second-order valence-electron chi connectivity index (χ2n) is 12.8. The number of hydrogen-bond donors (Lipinski definition) is 0. The van der Waals surface area contributed by atoms with Crippen LogP contribution in [-0.4, -0.2) is 23.2 Å². The zero-order valence-corrected chi connectivity index (χ0v) is 33.0. The van der Waals surface area contributed by atoms with Gasteiger partial charge >= 0.3 is 106 Å². The Bertz CT molecular complexity index is 2250. The third kappa shape index (κ3) is 8.41. The van der Waals surface area contributed by atoms with Gasteiger partial charge in [0.05, 0.1) is 5.56 Å². The van der Waals surface area contributed by atoms with E-state index in [1.165, 1.54) is 27.9 Å². The molecule has 0 aliphatic carbocycles. The third-order valence-electron chi connectivity index (χ3n) is 8.27. The maximum Gasteiger partial charge on any atom is 0 e. The average molecular weight is 911 g/mol. The zero-order chi connectivity index (χ0) is 35.0. The van der Waals surface area contributed by atoms with Crippen LogP contribution in [0.1, 0.15) is 36.4 Å². The van der Waals surface area contributed by atoms with Crippen molar-refractivity contribution in [2.45, 2.75) is 43.2 Å². The minimum atomic E-state index is -4.39. The summed E-state index contributed by atoms with van der Waals surface area (Å²) in [4.78, 5) is 9.05. The number of benzene rings is 4. The van der Waals surface area contributed by atoms with Gasteiger partial charge in [0.15, 0.2) is 0 Å². The van der Waals surface area contributed by atoms with Crippen molar-refractivity contribution in [3.8, 4) is 22.5 Å². The second kappa shape index (κ2) is 15.1. The molecule has 0 fully saturated rings. The molecular formula is C41H35F3GeIrN2S-2. The number of fused-ring (bicyclic) bond motifs is 3.